The smallest absolute Gasteiger partial charge is 0.323 e. The van der Waals surface area contributed by atoms with Crippen LogP contribution < -0.4 is 0 Å². The van der Waals surface area contributed by atoms with Crippen molar-refractivity contribution in [3.8, 4) is 0 Å². The van der Waals surface area contributed by atoms with Crippen LogP contribution >= 0.6 is 0 Å². The highest BCUT2D eigenvalue weighted by atomic mass is 16.5. The molecule has 0 aliphatic heterocycles. The Hall–Kier alpha value is -0.610. The van der Waals surface area contributed by atoms with Gasteiger partial charge in [-0.3, -0.25) is 9.69 Å². The molecule has 0 radical (unpaired) electrons. The van der Waals surface area contributed by atoms with Crippen LogP contribution in [-0.2, 0) is 9.53 Å². The maximum Gasteiger partial charge on any atom is 0.323 e. The van der Waals surface area contributed by atoms with Gasteiger partial charge in [0.2, 0.25) is 0 Å². The van der Waals surface area contributed by atoms with Crippen LogP contribution in [0.5, 0.6) is 0 Å². The minimum atomic E-state index is -0.786. The number of hydrogen-bond donors (Lipinski definition) is 1. The Morgan fingerprint density at radius 2 is 2.13 bits per heavy atom. The molecule has 0 amide bonds. The van der Waals surface area contributed by atoms with Gasteiger partial charge in [0.1, 0.15) is 6.04 Å². The van der Waals surface area contributed by atoms with Gasteiger partial charge in [-0.2, -0.15) is 0 Å². The molecule has 1 unspecified atom stereocenters. The molecule has 0 bridgehead atoms. The van der Waals surface area contributed by atoms with Crippen molar-refractivity contribution in [2.45, 2.75) is 38.8 Å². The van der Waals surface area contributed by atoms with E-state index in [1.54, 1.807) is 7.11 Å². The van der Waals surface area contributed by atoms with E-state index in [1.807, 2.05) is 18.7 Å². The average molecular weight is 215 g/mol. The Morgan fingerprint density at radius 1 is 1.53 bits per heavy atom. The van der Waals surface area contributed by atoms with Crippen LogP contribution in [0.4, 0.5) is 0 Å². The van der Waals surface area contributed by atoms with Crippen LogP contribution in [0.15, 0.2) is 0 Å². The third-order valence-corrected chi connectivity index (χ3v) is 2.84. The lowest BCUT2D eigenvalue weighted by Gasteiger charge is -2.31. The molecule has 1 aliphatic rings. The molecule has 15 heavy (non-hydrogen) atoms. The van der Waals surface area contributed by atoms with Crippen molar-refractivity contribution in [2.24, 2.45) is 5.92 Å². The highest BCUT2D eigenvalue weighted by molar-refractivity contribution is 5.73. The summed E-state index contributed by atoms with van der Waals surface area (Å²) in [6.45, 7) is 5.22. The Morgan fingerprint density at radius 3 is 2.47 bits per heavy atom. The molecule has 1 N–H and O–H groups in total. The van der Waals surface area contributed by atoms with Crippen molar-refractivity contribution in [1.82, 2.24) is 4.90 Å². The SMILES string of the molecule is COCC(C(=O)O)N(CC1CC1)C(C)C. The number of methoxy groups -OCH3 is 1. The maximum atomic E-state index is 11.1. The van der Waals surface area contributed by atoms with Gasteiger partial charge in [0.25, 0.3) is 0 Å². The number of rotatable bonds is 7. The molecule has 0 aromatic carbocycles. The molecule has 0 heterocycles. The topological polar surface area (TPSA) is 49.8 Å². The van der Waals surface area contributed by atoms with Crippen LogP contribution in [0, 0.1) is 5.92 Å². The third-order valence-electron chi connectivity index (χ3n) is 2.84. The fourth-order valence-corrected chi connectivity index (χ4v) is 1.76. The monoisotopic (exact) mass is 215 g/mol. The van der Waals surface area contributed by atoms with Crippen molar-refractivity contribution >= 4 is 5.97 Å². The van der Waals surface area contributed by atoms with Gasteiger partial charge in [-0.25, -0.2) is 0 Å². The Balaban J connectivity index is 2.59. The summed E-state index contributed by atoms with van der Waals surface area (Å²) >= 11 is 0. The van der Waals surface area contributed by atoms with E-state index < -0.39 is 12.0 Å². The van der Waals surface area contributed by atoms with Gasteiger partial charge >= 0.3 is 5.97 Å². The number of hydrogen-bond acceptors (Lipinski definition) is 3. The standard InChI is InChI=1S/C11H21NO3/c1-8(2)12(6-9-4-5-9)10(7-15-3)11(13)14/h8-10H,4-7H2,1-3H3,(H,13,14). The minimum Gasteiger partial charge on any atom is -0.480 e. The zero-order valence-corrected chi connectivity index (χ0v) is 9.77. The number of carboxylic acids is 1. The second-order valence-electron chi connectivity index (χ2n) is 4.54. The molecule has 0 spiro atoms. The van der Waals surface area contributed by atoms with E-state index in [-0.39, 0.29) is 12.6 Å². The molecule has 0 aromatic heterocycles. The zero-order chi connectivity index (χ0) is 11.4. The first kappa shape index (κ1) is 12.5. The number of nitrogens with zero attached hydrogens (tertiary/aromatic N) is 1. The van der Waals surface area contributed by atoms with E-state index in [0.29, 0.717) is 5.92 Å². The second-order valence-corrected chi connectivity index (χ2v) is 4.54. The summed E-state index contributed by atoms with van der Waals surface area (Å²) in [4.78, 5) is 13.1. The lowest BCUT2D eigenvalue weighted by atomic mass is 10.2. The molecule has 1 rings (SSSR count). The van der Waals surface area contributed by atoms with E-state index in [0.717, 1.165) is 6.54 Å². The summed E-state index contributed by atoms with van der Waals surface area (Å²) in [6, 6.07) is -0.252. The molecule has 1 fully saturated rings. The van der Waals surface area contributed by atoms with Crippen LogP contribution in [0.1, 0.15) is 26.7 Å². The zero-order valence-electron chi connectivity index (χ0n) is 9.77. The number of ether oxygens (including phenoxy) is 1. The molecule has 1 aliphatic carbocycles. The molecule has 0 saturated heterocycles. The number of aliphatic carboxylic acids is 1. The first-order valence-electron chi connectivity index (χ1n) is 5.53. The van der Waals surface area contributed by atoms with Crippen molar-refractivity contribution in [1.29, 1.82) is 0 Å². The number of carboxylic acid groups (broad SMARTS) is 1. The van der Waals surface area contributed by atoms with Gasteiger partial charge in [0.05, 0.1) is 6.61 Å². The molecular formula is C11H21NO3. The van der Waals surface area contributed by atoms with E-state index in [4.69, 9.17) is 9.84 Å². The Labute approximate surface area is 91.2 Å². The van der Waals surface area contributed by atoms with Gasteiger partial charge in [-0.05, 0) is 32.6 Å². The molecule has 1 saturated carbocycles. The Kier molecular flexibility index (Phi) is 4.54. The quantitative estimate of drug-likeness (QED) is 0.693. The van der Waals surface area contributed by atoms with E-state index in [9.17, 15) is 4.79 Å². The fraction of sp³-hybridized carbons (Fsp3) is 0.909. The van der Waals surface area contributed by atoms with Gasteiger partial charge in [0.15, 0.2) is 0 Å². The van der Waals surface area contributed by atoms with Crippen molar-refractivity contribution in [3.05, 3.63) is 0 Å². The minimum absolute atomic E-state index is 0.252. The first-order valence-corrected chi connectivity index (χ1v) is 5.53. The predicted molar refractivity (Wildman–Crippen MR) is 57.9 cm³/mol. The van der Waals surface area contributed by atoms with Gasteiger partial charge < -0.3 is 9.84 Å². The van der Waals surface area contributed by atoms with Gasteiger partial charge in [0, 0.05) is 19.7 Å². The molecule has 0 aromatic rings. The summed E-state index contributed by atoms with van der Waals surface area (Å²) in [5, 5.41) is 9.14. The summed E-state index contributed by atoms with van der Waals surface area (Å²) in [5.74, 6) is -0.0858. The molecule has 4 nitrogen and oxygen atoms in total. The summed E-state index contributed by atoms with van der Waals surface area (Å²) in [6.07, 6.45) is 2.48. The van der Waals surface area contributed by atoms with E-state index in [2.05, 4.69) is 0 Å². The predicted octanol–water partition coefficient (Wildman–Crippen LogP) is 1.21. The van der Waals surface area contributed by atoms with Crippen LogP contribution in [0.25, 0.3) is 0 Å². The first-order chi connectivity index (χ1) is 7.06. The van der Waals surface area contributed by atoms with Gasteiger partial charge in [-0.15, -0.1) is 0 Å². The normalized spacial score (nSPS) is 18.5. The molecular weight excluding hydrogens is 194 g/mol. The maximum absolute atomic E-state index is 11.1. The van der Waals surface area contributed by atoms with Crippen LogP contribution in [0.2, 0.25) is 0 Å². The lowest BCUT2D eigenvalue weighted by molar-refractivity contribution is -0.146. The van der Waals surface area contributed by atoms with Crippen molar-refractivity contribution < 1.29 is 14.6 Å². The number of carbonyl (C=O) groups is 1. The second kappa shape index (κ2) is 5.47. The van der Waals surface area contributed by atoms with Crippen LogP contribution in [-0.4, -0.2) is 48.3 Å². The summed E-state index contributed by atoms with van der Waals surface area (Å²) in [7, 11) is 1.55. The lowest BCUT2D eigenvalue weighted by Crippen LogP contribution is -2.48. The van der Waals surface area contributed by atoms with Gasteiger partial charge in [-0.1, -0.05) is 0 Å². The molecule has 4 heteroatoms. The molecule has 88 valence electrons. The highest BCUT2D eigenvalue weighted by Crippen LogP contribution is 2.31. The molecule has 1 atom stereocenters. The third kappa shape index (κ3) is 3.80. The summed E-state index contributed by atoms with van der Waals surface area (Å²) < 4.78 is 4.98. The summed E-state index contributed by atoms with van der Waals surface area (Å²) in [5.41, 5.74) is 0. The van der Waals surface area contributed by atoms with Crippen molar-refractivity contribution in [3.63, 3.8) is 0 Å². The van der Waals surface area contributed by atoms with E-state index >= 15 is 0 Å². The highest BCUT2D eigenvalue weighted by Gasteiger charge is 2.32. The largest absolute Gasteiger partial charge is 0.480 e. The van der Waals surface area contributed by atoms with E-state index in [1.165, 1.54) is 12.8 Å². The average Bonchev–Trinajstić information content (AvgIpc) is 2.93. The van der Waals surface area contributed by atoms with Crippen LogP contribution in [0.3, 0.4) is 0 Å². The Bertz CT molecular complexity index is 214. The van der Waals surface area contributed by atoms with Crippen molar-refractivity contribution in [2.75, 3.05) is 20.3 Å². The fourth-order valence-electron chi connectivity index (χ4n) is 1.76.